The summed E-state index contributed by atoms with van der Waals surface area (Å²) in [7, 11) is 3.90. The van der Waals surface area contributed by atoms with Gasteiger partial charge in [-0.2, -0.15) is 0 Å². The lowest BCUT2D eigenvalue weighted by atomic mass is 10.1. The largest absolute Gasteiger partial charge is 0.381 e. The third kappa shape index (κ3) is 6.13. The second kappa shape index (κ2) is 10.3. The molecule has 0 amide bonds. The number of aliphatic imine (C=N–C) groups is 1. The maximum atomic E-state index is 5.90. The third-order valence-corrected chi connectivity index (χ3v) is 4.37. The van der Waals surface area contributed by atoms with Crippen molar-refractivity contribution in [2.24, 2.45) is 4.99 Å². The molecule has 1 aromatic rings. The summed E-state index contributed by atoms with van der Waals surface area (Å²) in [6.07, 6.45) is 3.40. The Balaban J connectivity index is 1.67. The van der Waals surface area contributed by atoms with E-state index in [1.165, 1.54) is 11.1 Å². The molecule has 0 spiro atoms. The van der Waals surface area contributed by atoms with Crippen LogP contribution in [0.25, 0.3) is 0 Å². The summed E-state index contributed by atoms with van der Waals surface area (Å²) in [6.45, 7) is 6.32. The van der Waals surface area contributed by atoms with Gasteiger partial charge in [-0.1, -0.05) is 24.3 Å². The molecule has 134 valence electrons. The first kappa shape index (κ1) is 18.7. The summed E-state index contributed by atoms with van der Waals surface area (Å²) in [5, 5.41) is 3.42. The van der Waals surface area contributed by atoms with Crippen LogP contribution in [0.3, 0.4) is 0 Å². The van der Waals surface area contributed by atoms with Crippen LogP contribution in [0.1, 0.15) is 30.4 Å². The molecule has 0 saturated carbocycles. The Labute approximate surface area is 146 Å². The van der Waals surface area contributed by atoms with Gasteiger partial charge in [0.2, 0.25) is 0 Å². The van der Waals surface area contributed by atoms with Crippen molar-refractivity contribution in [2.75, 3.05) is 40.5 Å². The SMILES string of the molecule is CN=C(NCCCOC1CCOCC1)N(C)Cc1ccccc1C. The smallest absolute Gasteiger partial charge is 0.193 e. The molecular formula is C19H31N3O2. The van der Waals surface area contributed by atoms with Crippen LogP contribution in [0.15, 0.2) is 29.3 Å². The Bertz CT molecular complexity index is 513. The maximum Gasteiger partial charge on any atom is 0.193 e. The van der Waals surface area contributed by atoms with Gasteiger partial charge in [0, 0.05) is 47.0 Å². The van der Waals surface area contributed by atoms with Crippen molar-refractivity contribution in [3.63, 3.8) is 0 Å². The average Bonchev–Trinajstić information content (AvgIpc) is 2.61. The molecule has 0 atom stereocenters. The molecule has 1 aliphatic heterocycles. The van der Waals surface area contributed by atoms with Gasteiger partial charge in [-0.3, -0.25) is 4.99 Å². The van der Waals surface area contributed by atoms with Crippen molar-refractivity contribution < 1.29 is 9.47 Å². The highest BCUT2D eigenvalue weighted by Gasteiger charge is 2.13. The molecule has 5 nitrogen and oxygen atoms in total. The van der Waals surface area contributed by atoms with E-state index in [1.807, 2.05) is 7.05 Å². The van der Waals surface area contributed by atoms with Crippen LogP contribution in [0, 0.1) is 6.92 Å². The number of aryl methyl sites for hydroxylation is 1. The lowest BCUT2D eigenvalue weighted by Crippen LogP contribution is -2.39. The number of benzene rings is 1. The topological polar surface area (TPSA) is 46.1 Å². The number of hydrogen-bond acceptors (Lipinski definition) is 3. The summed E-state index contributed by atoms with van der Waals surface area (Å²) < 4.78 is 11.2. The van der Waals surface area contributed by atoms with Gasteiger partial charge in [0.05, 0.1) is 6.10 Å². The van der Waals surface area contributed by atoms with E-state index in [1.54, 1.807) is 0 Å². The van der Waals surface area contributed by atoms with E-state index in [9.17, 15) is 0 Å². The van der Waals surface area contributed by atoms with E-state index in [2.05, 4.69) is 53.4 Å². The van der Waals surface area contributed by atoms with Gasteiger partial charge in [0.1, 0.15) is 0 Å². The molecule has 24 heavy (non-hydrogen) atoms. The van der Waals surface area contributed by atoms with Crippen LogP contribution in [-0.2, 0) is 16.0 Å². The number of guanidine groups is 1. The van der Waals surface area contributed by atoms with Crippen LogP contribution < -0.4 is 5.32 Å². The molecule has 1 aliphatic rings. The molecule has 5 heteroatoms. The van der Waals surface area contributed by atoms with E-state index in [-0.39, 0.29) is 0 Å². The highest BCUT2D eigenvalue weighted by molar-refractivity contribution is 5.79. The summed E-state index contributed by atoms with van der Waals surface area (Å²) in [5.74, 6) is 0.921. The van der Waals surface area contributed by atoms with Crippen LogP contribution in [-0.4, -0.2) is 57.4 Å². The van der Waals surface area contributed by atoms with Crippen molar-refractivity contribution in [3.8, 4) is 0 Å². The highest BCUT2D eigenvalue weighted by atomic mass is 16.5. The zero-order valence-corrected chi connectivity index (χ0v) is 15.3. The van der Waals surface area contributed by atoms with Crippen molar-refractivity contribution in [2.45, 2.75) is 38.8 Å². The fourth-order valence-electron chi connectivity index (χ4n) is 2.87. The normalized spacial score (nSPS) is 16.2. The fraction of sp³-hybridized carbons (Fsp3) is 0.632. The Morgan fingerprint density at radius 3 is 2.79 bits per heavy atom. The molecule has 0 unspecified atom stereocenters. The zero-order valence-electron chi connectivity index (χ0n) is 15.3. The average molecular weight is 333 g/mol. The standard InChI is InChI=1S/C19H31N3O2/c1-16-7-4-5-8-17(16)15-22(3)19(20-2)21-11-6-12-24-18-9-13-23-14-10-18/h4-5,7-8,18H,6,9-15H2,1-3H3,(H,20,21). The summed E-state index contributed by atoms with van der Waals surface area (Å²) in [5.41, 5.74) is 2.63. The van der Waals surface area contributed by atoms with Gasteiger partial charge in [-0.25, -0.2) is 0 Å². The van der Waals surface area contributed by atoms with Crippen molar-refractivity contribution in [1.82, 2.24) is 10.2 Å². The number of nitrogens with zero attached hydrogens (tertiary/aromatic N) is 2. The maximum absolute atomic E-state index is 5.90. The van der Waals surface area contributed by atoms with Gasteiger partial charge < -0.3 is 19.7 Å². The van der Waals surface area contributed by atoms with Crippen molar-refractivity contribution in [3.05, 3.63) is 35.4 Å². The lowest BCUT2D eigenvalue weighted by molar-refractivity contribution is -0.0320. The predicted molar refractivity (Wildman–Crippen MR) is 98.4 cm³/mol. The molecule has 0 aliphatic carbocycles. The lowest BCUT2D eigenvalue weighted by Gasteiger charge is -2.24. The first-order valence-corrected chi connectivity index (χ1v) is 8.86. The Kier molecular flexibility index (Phi) is 8.05. The van der Waals surface area contributed by atoms with Crippen LogP contribution in [0.5, 0.6) is 0 Å². The first-order chi connectivity index (χ1) is 11.7. The Morgan fingerprint density at radius 2 is 2.08 bits per heavy atom. The van der Waals surface area contributed by atoms with Gasteiger partial charge in [0.25, 0.3) is 0 Å². The zero-order chi connectivity index (χ0) is 17.2. The van der Waals surface area contributed by atoms with E-state index in [0.717, 1.165) is 58.1 Å². The minimum atomic E-state index is 0.377. The summed E-state index contributed by atoms with van der Waals surface area (Å²) in [6, 6.07) is 8.47. The second-order valence-corrected chi connectivity index (χ2v) is 6.29. The second-order valence-electron chi connectivity index (χ2n) is 6.29. The number of nitrogens with one attached hydrogen (secondary N) is 1. The van der Waals surface area contributed by atoms with Crippen LogP contribution >= 0.6 is 0 Å². The summed E-state index contributed by atoms with van der Waals surface area (Å²) >= 11 is 0. The molecule has 0 radical (unpaired) electrons. The van der Waals surface area contributed by atoms with E-state index >= 15 is 0 Å². The first-order valence-electron chi connectivity index (χ1n) is 8.86. The van der Waals surface area contributed by atoms with E-state index in [4.69, 9.17) is 9.47 Å². The molecule has 1 N–H and O–H groups in total. The fourth-order valence-corrected chi connectivity index (χ4v) is 2.87. The molecule has 1 heterocycles. The molecule has 1 saturated heterocycles. The molecular weight excluding hydrogens is 302 g/mol. The van der Waals surface area contributed by atoms with Crippen molar-refractivity contribution in [1.29, 1.82) is 0 Å². The highest BCUT2D eigenvalue weighted by Crippen LogP contribution is 2.11. The quantitative estimate of drug-likeness (QED) is 0.473. The van der Waals surface area contributed by atoms with Gasteiger partial charge in [-0.15, -0.1) is 0 Å². The van der Waals surface area contributed by atoms with Crippen LogP contribution in [0.2, 0.25) is 0 Å². The molecule has 1 aromatic carbocycles. The van der Waals surface area contributed by atoms with Crippen LogP contribution in [0.4, 0.5) is 0 Å². The van der Waals surface area contributed by atoms with Gasteiger partial charge in [-0.05, 0) is 37.3 Å². The third-order valence-electron chi connectivity index (χ3n) is 4.37. The van der Waals surface area contributed by atoms with Crippen molar-refractivity contribution >= 4 is 5.96 Å². The van der Waals surface area contributed by atoms with Gasteiger partial charge in [0.15, 0.2) is 5.96 Å². The molecule has 2 rings (SSSR count). The molecule has 1 fully saturated rings. The number of rotatable bonds is 7. The number of hydrogen-bond donors (Lipinski definition) is 1. The van der Waals surface area contributed by atoms with E-state index < -0.39 is 0 Å². The minimum absolute atomic E-state index is 0.377. The monoisotopic (exact) mass is 333 g/mol. The molecule has 0 aromatic heterocycles. The Hall–Kier alpha value is -1.59. The molecule has 0 bridgehead atoms. The minimum Gasteiger partial charge on any atom is -0.381 e. The number of ether oxygens (including phenoxy) is 2. The van der Waals surface area contributed by atoms with E-state index in [0.29, 0.717) is 6.10 Å². The summed E-state index contributed by atoms with van der Waals surface area (Å²) in [4.78, 5) is 6.53. The van der Waals surface area contributed by atoms with Gasteiger partial charge >= 0.3 is 0 Å². The predicted octanol–water partition coefficient (Wildman–Crippen LogP) is 2.59. The Morgan fingerprint density at radius 1 is 1.33 bits per heavy atom.